The highest BCUT2D eigenvalue weighted by atomic mass is 35.5. The Balaban J connectivity index is 2.67. The van der Waals surface area contributed by atoms with Crippen LogP contribution in [0.4, 0.5) is 0 Å². The van der Waals surface area contributed by atoms with Gasteiger partial charge in [-0.2, -0.15) is 0 Å². The van der Waals surface area contributed by atoms with Crippen LogP contribution in [0.5, 0.6) is 0 Å². The van der Waals surface area contributed by atoms with Crippen LogP contribution in [-0.2, 0) is 0 Å². The minimum Gasteiger partial charge on any atom is -0.329 e. The zero-order valence-electron chi connectivity index (χ0n) is 8.53. The molecule has 1 aromatic carbocycles. The molecule has 0 amide bonds. The second-order valence-electron chi connectivity index (χ2n) is 3.59. The van der Waals surface area contributed by atoms with Crippen molar-refractivity contribution in [3.8, 4) is 0 Å². The van der Waals surface area contributed by atoms with Gasteiger partial charge < -0.3 is 5.73 Å². The number of nitrogens with two attached hydrogens (primary N) is 1. The fourth-order valence-electron chi connectivity index (χ4n) is 1.17. The van der Waals surface area contributed by atoms with Crippen LogP contribution in [-0.4, -0.2) is 11.8 Å². The maximum atomic E-state index is 5.91. The number of benzene rings is 1. The Bertz CT molecular complexity index is 288. The Kier molecular flexibility index (Phi) is 4.79. The molecule has 1 atom stereocenters. The lowest BCUT2D eigenvalue weighted by atomic mass is 10.1. The molecule has 1 nitrogen and oxygen atoms in total. The molecular formula is C11H16ClNS. The van der Waals surface area contributed by atoms with Crippen molar-refractivity contribution in [1.82, 2.24) is 0 Å². The molecular weight excluding hydrogens is 214 g/mol. The summed E-state index contributed by atoms with van der Waals surface area (Å²) >= 11 is 7.71. The standard InChI is InChI=1S/C11H16ClNS/c1-8(2)11(7-13)14-10-5-3-4-9(12)6-10/h3-6,8,11H,7,13H2,1-2H3. The van der Waals surface area contributed by atoms with Gasteiger partial charge in [-0.25, -0.2) is 0 Å². The molecule has 0 heterocycles. The SMILES string of the molecule is CC(C)C(CN)Sc1cccc(Cl)c1. The van der Waals surface area contributed by atoms with E-state index < -0.39 is 0 Å². The Morgan fingerprint density at radius 1 is 1.43 bits per heavy atom. The minimum atomic E-state index is 0.466. The average molecular weight is 230 g/mol. The first-order chi connectivity index (χ1) is 6.63. The van der Waals surface area contributed by atoms with Crippen LogP contribution >= 0.6 is 23.4 Å². The van der Waals surface area contributed by atoms with Crippen LogP contribution in [0.25, 0.3) is 0 Å². The van der Waals surface area contributed by atoms with Crippen molar-refractivity contribution in [2.24, 2.45) is 11.7 Å². The average Bonchev–Trinajstić information content (AvgIpc) is 2.14. The molecule has 0 spiro atoms. The molecule has 0 bridgehead atoms. The first-order valence-electron chi connectivity index (χ1n) is 4.75. The summed E-state index contributed by atoms with van der Waals surface area (Å²) < 4.78 is 0. The van der Waals surface area contributed by atoms with E-state index in [1.54, 1.807) is 11.8 Å². The van der Waals surface area contributed by atoms with Gasteiger partial charge >= 0.3 is 0 Å². The van der Waals surface area contributed by atoms with Gasteiger partial charge in [-0.3, -0.25) is 0 Å². The summed E-state index contributed by atoms with van der Waals surface area (Å²) in [7, 11) is 0. The van der Waals surface area contributed by atoms with E-state index in [0.717, 1.165) is 5.02 Å². The summed E-state index contributed by atoms with van der Waals surface area (Å²) in [6.07, 6.45) is 0. The van der Waals surface area contributed by atoms with Crippen molar-refractivity contribution < 1.29 is 0 Å². The predicted octanol–water partition coefficient (Wildman–Crippen LogP) is 3.42. The lowest BCUT2D eigenvalue weighted by Gasteiger charge is -2.18. The molecule has 14 heavy (non-hydrogen) atoms. The van der Waals surface area contributed by atoms with Gasteiger partial charge in [0.05, 0.1) is 0 Å². The van der Waals surface area contributed by atoms with Crippen LogP contribution in [0.2, 0.25) is 5.02 Å². The number of hydrogen-bond donors (Lipinski definition) is 1. The maximum Gasteiger partial charge on any atom is 0.0417 e. The van der Waals surface area contributed by atoms with Crippen LogP contribution in [0.1, 0.15) is 13.8 Å². The molecule has 0 fully saturated rings. The Morgan fingerprint density at radius 2 is 2.14 bits per heavy atom. The predicted molar refractivity (Wildman–Crippen MR) is 65.0 cm³/mol. The summed E-state index contributed by atoms with van der Waals surface area (Å²) in [5, 5.41) is 1.25. The number of thioether (sulfide) groups is 1. The van der Waals surface area contributed by atoms with Crippen molar-refractivity contribution in [2.45, 2.75) is 24.0 Å². The Hall–Kier alpha value is -0.180. The highest BCUT2D eigenvalue weighted by Gasteiger charge is 2.12. The highest BCUT2D eigenvalue weighted by Crippen LogP contribution is 2.28. The third-order valence-electron chi connectivity index (χ3n) is 2.06. The van der Waals surface area contributed by atoms with E-state index in [2.05, 4.69) is 19.9 Å². The first kappa shape index (κ1) is 11.9. The molecule has 78 valence electrons. The van der Waals surface area contributed by atoms with Gasteiger partial charge in [-0.1, -0.05) is 31.5 Å². The van der Waals surface area contributed by atoms with Crippen molar-refractivity contribution >= 4 is 23.4 Å². The van der Waals surface area contributed by atoms with Crippen LogP contribution in [0, 0.1) is 5.92 Å². The van der Waals surface area contributed by atoms with Crippen molar-refractivity contribution in [3.05, 3.63) is 29.3 Å². The van der Waals surface area contributed by atoms with Crippen LogP contribution in [0.15, 0.2) is 29.2 Å². The molecule has 0 aliphatic heterocycles. The lowest BCUT2D eigenvalue weighted by Crippen LogP contribution is -2.22. The summed E-state index contributed by atoms with van der Waals surface area (Å²) in [6, 6.07) is 7.91. The number of hydrogen-bond acceptors (Lipinski definition) is 2. The van der Waals surface area contributed by atoms with Gasteiger partial charge in [0.2, 0.25) is 0 Å². The van der Waals surface area contributed by atoms with Gasteiger partial charge in [-0.05, 0) is 24.1 Å². The molecule has 1 unspecified atom stereocenters. The third-order valence-corrected chi connectivity index (χ3v) is 3.86. The summed E-state index contributed by atoms with van der Waals surface area (Å²) in [6.45, 7) is 5.08. The smallest absolute Gasteiger partial charge is 0.0417 e. The van der Waals surface area contributed by atoms with Crippen LogP contribution in [0.3, 0.4) is 0 Å². The van der Waals surface area contributed by atoms with Gasteiger partial charge in [0.1, 0.15) is 0 Å². The van der Waals surface area contributed by atoms with E-state index >= 15 is 0 Å². The third kappa shape index (κ3) is 3.52. The van der Waals surface area contributed by atoms with Crippen molar-refractivity contribution in [1.29, 1.82) is 0 Å². The summed E-state index contributed by atoms with van der Waals surface area (Å²) in [5.74, 6) is 0.587. The van der Waals surface area contributed by atoms with E-state index in [4.69, 9.17) is 17.3 Å². The first-order valence-corrected chi connectivity index (χ1v) is 6.01. The zero-order valence-corrected chi connectivity index (χ0v) is 10.1. The largest absolute Gasteiger partial charge is 0.329 e. The molecule has 3 heteroatoms. The van der Waals surface area contributed by atoms with E-state index in [1.165, 1.54) is 4.90 Å². The molecule has 1 rings (SSSR count). The van der Waals surface area contributed by atoms with Gasteiger partial charge in [0, 0.05) is 21.7 Å². The summed E-state index contributed by atoms with van der Waals surface area (Å²) in [5.41, 5.74) is 5.71. The molecule has 0 aromatic heterocycles. The van der Waals surface area contributed by atoms with Gasteiger partial charge in [0.25, 0.3) is 0 Å². The molecule has 0 saturated carbocycles. The number of halogens is 1. The van der Waals surface area contributed by atoms with Crippen molar-refractivity contribution in [3.63, 3.8) is 0 Å². The lowest BCUT2D eigenvalue weighted by molar-refractivity contribution is 0.613. The maximum absolute atomic E-state index is 5.91. The quantitative estimate of drug-likeness (QED) is 0.801. The van der Waals surface area contributed by atoms with E-state index in [9.17, 15) is 0 Å². The molecule has 1 aromatic rings. The second-order valence-corrected chi connectivity index (χ2v) is 5.34. The number of rotatable bonds is 4. The fourth-order valence-corrected chi connectivity index (χ4v) is 2.50. The minimum absolute atomic E-state index is 0.466. The monoisotopic (exact) mass is 229 g/mol. The summed E-state index contributed by atoms with van der Waals surface area (Å²) in [4.78, 5) is 1.20. The molecule has 0 radical (unpaired) electrons. The molecule has 0 saturated heterocycles. The Morgan fingerprint density at radius 3 is 2.64 bits per heavy atom. The Labute approximate surface area is 95.0 Å². The zero-order chi connectivity index (χ0) is 10.6. The van der Waals surface area contributed by atoms with E-state index in [0.29, 0.717) is 17.7 Å². The molecule has 0 aliphatic rings. The van der Waals surface area contributed by atoms with Crippen molar-refractivity contribution in [2.75, 3.05) is 6.54 Å². The highest BCUT2D eigenvalue weighted by molar-refractivity contribution is 8.00. The molecule has 2 N–H and O–H groups in total. The van der Waals surface area contributed by atoms with Crippen LogP contribution < -0.4 is 5.73 Å². The normalized spacial score (nSPS) is 13.2. The van der Waals surface area contributed by atoms with Gasteiger partial charge in [-0.15, -0.1) is 11.8 Å². The fraction of sp³-hybridized carbons (Fsp3) is 0.455. The second kappa shape index (κ2) is 5.64. The topological polar surface area (TPSA) is 26.0 Å². The van der Waals surface area contributed by atoms with Gasteiger partial charge in [0.15, 0.2) is 0 Å². The molecule has 0 aliphatic carbocycles. The van der Waals surface area contributed by atoms with E-state index in [1.807, 2.05) is 18.2 Å². The van der Waals surface area contributed by atoms with E-state index in [-0.39, 0.29) is 0 Å².